The van der Waals surface area contributed by atoms with E-state index in [1.807, 2.05) is 0 Å². The molecule has 0 radical (unpaired) electrons. The van der Waals surface area contributed by atoms with Crippen molar-refractivity contribution in [2.45, 2.75) is 64.3 Å². The summed E-state index contributed by atoms with van der Waals surface area (Å²) in [7, 11) is 0. The fourth-order valence-electron chi connectivity index (χ4n) is 3.33. The zero-order valence-electron chi connectivity index (χ0n) is 13.6. The van der Waals surface area contributed by atoms with Gasteiger partial charge in [-0.25, -0.2) is 0 Å². The second kappa shape index (κ2) is 10.6. The molecule has 0 aliphatic carbocycles. The Hall–Kier alpha value is -0.0400. The summed E-state index contributed by atoms with van der Waals surface area (Å²) in [6.07, 6.45) is 10.5. The van der Waals surface area contributed by atoms with E-state index in [4.69, 9.17) is 5.73 Å². The van der Waals surface area contributed by atoms with Crippen LogP contribution in [0.2, 0.25) is 0 Å². The zero-order valence-corrected chi connectivity index (χ0v) is 15.9. The molecule has 1 atom stereocenters. The summed E-state index contributed by atoms with van der Waals surface area (Å²) in [6.45, 7) is 7.98. The lowest BCUT2D eigenvalue weighted by atomic mass is 10.0. The molecule has 124 valence electrons. The summed E-state index contributed by atoms with van der Waals surface area (Å²) in [5, 5.41) is 0. The summed E-state index contributed by atoms with van der Waals surface area (Å²) in [4.78, 5) is 9.44. The Bertz CT molecular complexity index is 303. The number of hydrogen-bond donors (Lipinski definition) is 1. The number of nitrogens with two attached hydrogens (primary N) is 1. The van der Waals surface area contributed by atoms with E-state index in [0.29, 0.717) is 0 Å². The van der Waals surface area contributed by atoms with Crippen molar-refractivity contribution in [3.63, 3.8) is 0 Å². The molecule has 5 heteroatoms. The normalized spacial score (nSPS) is 24.7. The smallest absolute Gasteiger partial charge is 0.191 e. The van der Waals surface area contributed by atoms with Gasteiger partial charge in [-0.2, -0.15) is 0 Å². The average Bonchev–Trinajstić information content (AvgIpc) is 2.49. The van der Waals surface area contributed by atoms with Crippen molar-refractivity contribution in [3.05, 3.63) is 0 Å². The first-order valence-electron chi connectivity index (χ1n) is 8.56. The molecule has 2 fully saturated rings. The molecule has 0 aromatic carbocycles. The molecule has 2 aliphatic heterocycles. The monoisotopic (exact) mass is 408 g/mol. The van der Waals surface area contributed by atoms with Crippen LogP contribution in [0.5, 0.6) is 0 Å². The number of nitrogens with zero attached hydrogens (tertiary/aromatic N) is 3. The minimum absolute atomic E-state index is 0. The second-order valence-electron chi connectivity index (χ2n) is 6.38. The molecule has 2 aliphatic rings. The van der Waals surface area contributed by atoms with Gasteiger partial charge in [0, 0.05) is 25.7 Å². The predicted molar refractivity (Wildman–Crippen MR) is 101 cm³/mol. The molecule has 0 amide bonds. The summed E-state index contributed by atoms with van der Waals surface area (Å²) in [5.74, 6) is 0.774. The molecular weight excluding hydrogens is 375 g/mol. The third kappa shape index (κ3) is 6.72. The van der Waals surface area contributed by atoms with E-state index in [1.165, 1.54) is 58.0 Å². The summed E-state index contributed by atoms with van der Waals surface area (Å²) < 4.78 is 0. The van der Waals surface area contributed by atoms with Crippen LogP contribution >= 0.6 is 24.0 Å². The van der Waals surface area contributed by atoms with Crippen LogP contribution in [0.15, 0.2) is 4.99 Å². The molecule has 4 nitrogen and oxygen atoms in total. The largest absolute Gasteiger partial charge is 0.370 e. The first-order chi connectivity index (χ1) is 9.77. The third-order valence-corrected chi connectivity index (χ3v) is 4.75. The molecule has 0 saturated carbocycles. The van der Waals surface area contributed by atoms with Gasteiger partial charge in [0.15, 0.2) is 5.96 Å². The standard InChI is InChI=1S/C16H32N4.HI/c1-15-9-3-7-11-19(15)12-8-4-10-18-16(17)20-13-5-2-6-14-20;/h15H,2-14H2,1H3,(H2,17,18);1H. The van der Waals surface area contributed by atoms with Crippen LogP contribution in [0.4, 0.5) is 0 Å². The van der Waals surface area contributed by atoms with Crippen LogP contribution in [0.25, 0.3) is 0 Å². The summed E-state index contributed by atoms with van der Waals surface area (Å²) >= 11 is 0. The van der Waals surface area contributed by atoms with Crippen LogP contribution in [-0.2, 0) is 0 Å². The quantitative estimate of drug-likeness (QED) is 0.329. The van der Waals surface area contributed by atoms with Crippen LogP contribution in [-0.4, -0.2) is 54.5 Å². The molecule has 21 heavy (non-hydrogen) atoms. The predicted octanol–water partition coefficient (Wildman–Crippen LogP) is 3.06. The van der Waals surface area contributed by atoms with Gasteiger partial charge in [-0.1, -0.05) is 6.42 Å². The van der Waals surface area contributed by atoms with Gasteiger partial charge in [-0.3, -0.25) is 4.99 Å². The molecule has 0 aromatic heterocycles. The lowest BCUT2D eigenvalue weighted by Gasteiger charge is -2.33. The highest BCUT2D eigenvalue weighted by atomic mass is 127. The van der Waals surface area contributed by atoms with Gasteiger partial charge >= 0.3 is 0 Å². The highest BCUT2D eigenvalue weighted by Crippen LogP contribution is 2.16. The lowest BCUT2D eigenvalue weighted by Crippen LogP contribution is -2.41. The number of aliphatic imine (C=N–C) groups is 1. The summed E-state index contributed by atoms with van der Waals surface area (Å²) in [5.41, 5.74) is 6.06. The first-order valence-corrected chi connectivity index (χ1v) is 8.56. The number of likely N-dealkylation sites (tertiary alicyclic amines) is 2. The molecule has 2 saturated heterocycles. The first kappa shape index (κ1) is 19.0. The van der Waals surface area contributed by atoms with Gasteiger partial charge in [0.1, 0.15) is 0 Å². The van der Waals surface area contributed by atoms with Crippen molar-refractivity contribution in [1.29, 1.82) is 0 Å². The SMILES string of the molecule is CC1CCCCN1CCCCN=C(N)N1CCCCC1.I. The van der Waals surface area contributed by atoms with Crippen molar-refractivity contribution >= 4 is 29.9 Å². The summed E-state index contributed by atoms with van der Waals surface area (Å²) in [6, 6.07) is 0.783. The minimum atomic E-state index is 0. The van der Waals surface area contributed by atoms with E-state index in [1.54, 1.807) is 0 Å². The Morgan fingerprint density at radius 1 is 1.05 bits per heavy atom. The van der Waals surface area contributed by atoms with Crippen molar-refractivity contribution in [1.82, 2.24) is 9.80 Å². The lowest BCUT2D eigenvalue weighted by molar-refractivity contribution is 0.158. The van der Waals surface area contributed by atoms with E-state index in [0.717, 1.165) is 38.1 Å². The van der Waals surface area contributed by atoms with Gasteiger partial charge in [-0.15, -0.1) is 24.0 Å². The van der Waals surface area contributed by atoms with Gasteiger partial charge in [0.05, 0.1) is 0 Å². The number of guanidine groups is 1. The molecule has 0 bridgehead atoms. The Morgan fingerprint density at radius 2 is 1.76 bits per heavy atom. The van der Waals surface area contributed by atoms with Crippen molar-refractivity contribution in [2.24, 2.45) is 10.7 Å². The van der Waals surface area contributed by atoms with Crippen molar-refractivity contribution in [3.8, 4) is 0 Å². The molecule has 0 spiro atoms. The van der Waals surface area contributed by atoms with Crippen LogP contribution in [0, 0.1) is 0 Å². The molecule has 2 heterocycles. The number of unbranched alkanes of at least 4 members (excludes halogenated alkanes) is 1. The Morgan fingerprint density at radius 3 is 2.48 bits per heavy atom. The number of halogens is 1. The topological polar surface area (TPSA) is 44.9 Å². The fraction of sp³-hybridized carbons (Fsp3) is 0.938. The van der Waals surface area contributed by atoms with Gasteiger partial charge in [0.2, 0.25) is 0 Å². The van der Waals surface area contributed by atoms with E-state index in [9.17, 15) is 0 Å². The minimum Gasteiger partial charge on any atom is -0.370 e. The van der Waals surface area contributed by atoms with E-state index in [-0.39, 0.29) is 24.0 Å². The highest BCUT2D eigenvalue weighted by Gasteiger charge is 2.17. The van der Waals surface area contributed by atoms with Crippen molar-refractivity contribution in [2.75, 3.05) is 32.7 Å². The maximum Gasteiger partial charge on any atom is 0.191 e. The van der Waals surface area contributed by atoms with E-state index >= 15 is 0 Å². The molecule has 1 unspecified atom stereocenters. The molecule has 0 aromatic rings. The molecule has 2 N–H and O–H groups in total. The number of rotatable bonds is 5. The fourth-order valence-corrected chi connectivity index (χ4v) is 3.33. The van der Waals surface area contributed by atoms with Gasteiger partial charge in [-0.05, 0) is 65.0 Å². The third-order valence-electron chi connectivity index (χ3n) is 4.75. The Labute approximate surface area is 147 Å². The van der Waals surface area contributed by atoms with Crippen molar-refractivity contribution < 1.29 is 0 Å². The second-order valence-corrected chi connectivity index (χ2v) is 6.38. The van der Waals surface area contributed by atoms with E-state index < -0.39 is 0 Å². The number of hydrogen-bond acceptors (Lipinski definition) is 2. The van der Waals surface area contributed by atoms with Gasteiger partial charge in [0.25, 0.3) is 0 Å². The Balaban J connectivity index is 0.00000220. The zero-order chi connectivity index (χ0) is 14.2. The van der Waals surface area contributed by atoms with Crippen LogP contribution in [0.1, 0.15) is 58.3 Å². The van der Waals surface area contributed by atoms with E-state index in [2.05, 4.69) is 21.7 Å². The average molecular weight is 408 g/mol. The highest BCUT2D eigenvalue weighted by molar-refractivity contribution is 14.0. The van der Waals surface area contributed by atoms with Crippen LogP contribution in [0.3, 0.4) is 0 Å². The Kier molecular flexibility index (Phi) is 9.64. The number of piperidine rings is 2. The maximum absolute atomic E-state index is 6.06. The molecular formula is C16H33IN4. The van der Waals surface area contributed by atoms with Crippen LogP contribution < -0.4 is 5.73 Å². The van der Waals surface area contributed by atoms with Gasteiger partial charge < -0.3 is 15.5 Å². The maximum atomic E-state index is 6.06. The molecule has 2 rings (SSSR count).